The predicted molar refractivity (Wildman–Crippen MR) is 69.7 cm³/mol. The Morgan fingerprint density at radius 2 is 2.06 bits per heavy atom. The standard InChI is InChI=1S/C12H18ClN3/c1-3-16(4-2)12(14)15-9-10-6-5-7-11(13)8-10/h5-8H,3-4,9H2,1-2H3,(H2,14,15). The van der Waals surface area contributed by atoms with Gasteiger partial charge in [-0.25, -0.2) is 4.99 Å². The molecule has 0 fully saturated rings. The summed E-state index contributed by atoms with van der Waals surface area (Å²) in [7, 11) is 0. The van der Waals surface area contributed by atoms with E-state index >= 15 is 0 Å². The minimum atomic E-state index is 0.572. The number of guanidine groups is 1. The summed E-state index contributed by atoms with van der Waals surface area (Å²) in [6.07, 6.45) is 0. The lowest BCUT2D eigenvalue weighted by molar-refractivity contribution is 0.458. The fraction of sp³-hybridized carbons (Fsp3) is 0.417. The van der Waals surface area contributed by atoms with Crippen molar-refractivity contribution in [1.29, 1.82) is 0 Å². The molecule has 0 aliphatic rings. The average molecular weight is 240 g/mol. The number of aliphatic imine (C=N–C) groups is 1. The van der Waals surface area contributed by atoms with Crippen molar-refractivity contribution in [1.82, 2.24) is 4.90 Å². The van der Waals surface area contributed by atoms with Crippen LogP contribution in [0.2, 0.25) is 5.02 Å². The molecule has 0 bridgehead atoms. The Balaban J connectivity index is 2.65. The highest BCUT2D eigenvalue weighted by molar-refractivity contribution is 6.30. The summed E-state index contributed by atoms with van der Waals surface area (Å²) in [5.41, 5.74) is 6.94. The quantitative estimate of drug-likeness (QED) is 0.648. The third-order valence-electron chi connectivity index (χ3n) is 2.40. The van der Waals surface area contributed by atoms with E-state index in [-0.39, 0.29) is 0 Å². The summed E-state index contributed by atoms with van der Waals surface area (Å²) in [6, 6.07) is 7.66. The smallest absolute Gasteiger partial charge is 0.191 e. The van der Waals surface area contributed by atoms with Gasteiger partial charge in [-0.15, -0.1) is 0 Å². The number of benzene rings is 1. The maximum absolute atomic E-state index is 5.89. The van der Waals surface area contributed by atoms with E-state index in [2.05, 4.69) is 18.8 Å². The zero-order valence-electron chi connectivity index (χ0n) is 9.78. The van der Waals surface area contributed by atoms with Crippen LogP contribution in [0.25, 0.3) is 0 Å². The van der Waals surface area contributed by atoms with Gasteiger partial charge in [-0.05, 0) is 31.5 Å². The third-order valence-corrected chi connectivity index (χ3v) is 2.64. The van der Waals surface area contributed by atoms with Gasteiger partial charge in [-0.2, -0.15) is 0 Å². The zero-order valence-corrected chi connectivity index (χ0v) is 10.5. The molecule has 0 spiro atoms. The molecule has 0 aliphatic carbocycles. The summed E-state index contributed by atoms with van der Waals surface area (Å²) in [6.45, 7) is 6.45. The van der Waals surface area contributed by atoms with Crippen molar-refractivity contribution in [2.45, 2.75) is 20.4 Å². The maximum Gasteiger partial charge on any atom is 0.191 e. The zero-order chi connectivity index (χ0) is 12.0. The van der Waals surface area contributed by atoms with Crippen LogP contribution in [0.3, 0.4) is 0 Å². The molecule has 0 saturated carbocycles. The Morgan fingerprint density at radius 1 is 1.38 bits per heavy atom. The first kappa shape index (κ1) is 12.8. The Hall–Kier alpha value is -1.22. The SMILES string of the molecule is CCN(CC)C(N)=NCc1cccc(Cl)c1. The van der Waals surface area contributed by atoms with Gasteiger partial charge in [0.2, 0.25) is 0 Å². The van der Waals surface area contributed by atoms with E-state index in [1.165, 1.54) is 0 Å². The van der Waals surface area contributed by atoms with E-state index in [0.717, 1.165) is 23.7 Å². The van der Waals surface area contributed by atoms with Crippen LogP contribution in [0.5, 0.6) is 0 Å². The molecule has 16 heavy (non-hydrogen) atoms. The molecule has 88 valence electrons. The van der Waals surface area contributed by atoms with Gasteiger partial charge in [-0.3, -0.25) is 0 Å². The maximum atomic E-state index is 5.89. The molecular weight excluding hydrogens is 222 g/mol. The molecule has 0 aliphatic heterocycles. The van der Waals surface area contributed by atoms with Gasteiger partial charge < -0.3 is 10.6 Å². The second kappa shape index (κ2) is 6.38. The number of rotatable bonds is 4. The second-order valence-electron chi connectivity index (χ2n) is 3.48. The van der Waals surface area contributed by atoms with Gasteiger partial charge in [-0.1, -0.05) is 23.7 Å². The van der Waals surface area contributed by atoms with Crippen molar-refractivity contribution in [3.63, 3.8) is 0 Å². The highest BCUT2D eigenvalue weighted by Crippen LogP contribution is 2.11. The normalized spacial score (nSPS) is 11.6. The molecule has 0 heterocycles. The first-order valence-electron chi connectivity index (χ1n) is 5.46. The van der Waals surface area contributed by atoms with Crippen LogP contribution in [0.15, 0.2) is 29.3 Å². The van der Waals surface area contributed by atoms with Crippen molar-refractivity contribution in [2.24, 2.45) is 10.7 Å². The van der Waals surface area contributed by atoms with Crippen LogP contribution in [-0.2, 0) is 6.54 Å². The molecular formula is C12H18ClN3. The molecule has 0 aromatic heterocycles. The molecule has 0 radical (unpaired) electrons. The summed E-state index contributed by atoms with van der Waals surface area (Å²) in [5.74, 6) is 0.588. The molecule has 1 aromatic carbocycles. The van der Waals surface area contributed by atoms with Gasteiger partial charge in [0, 0.05) is 18.1 Å². The van der Waals surface area contributed by atoms with Crippen LogP contribution in [0, 0.1) is 0 Å². The van der Waals surface area contributed by atoms with Gasteiger partial charge >= 0.3 is 0 Å². The molecule has 4 heteroatoms. The Morgan fingerprint density at radius 3 is 2.62 bits per heavy atom. The van der Waals surface area contributed by atoms with E-state index in [0.29, 0.717) is 12.5 Å². The Bertz CT molecular complexity index is 359. The van der Waals surface area contributed by atoms with Crippen LogP contribution in [0.1, 0.15) is 19.4 Å². The average Bonchev–Trinajstić information content (AvgIpc) is 2.28. The minimum absolute atomic E-state index is 0.572. The largest absolute Gasteiger partial charge is 0.370 e. The van der Waals surface area contributed by atoms with E-state index in [1.807, 2.05) is 29.2 Å². The van der Waals surface area contributed by atoms with E-state index in [9.17, 15) is 0 Å². The number of nitrogens with two attached hydrogens (primary N) is 1. The summed E-state index contributed by atoms with van der Waals surface area (Å²) in [5, 5.41) is 0.731. The van der Waals surface area contributed by atoms with E-state index < -0.39 is 0 Å². The Kier molecular flexibility index (Phi) is 5.12. The molecule has 0 atom stereocenters. The second-order valence-corrected chi connectivity index (χ2v) is 3.91. The van der Waals surface area contributed by atoms with Crippen LogP contribution >= 0.6 is 11.6 Å². The minimum Gasteiger partial charge on any atom is -0.370 e. The van der Waals surface area contributed by atoms with Gasteiger partial charge in [0.15, 0.2) is 5.96 Å². The highest BCUT2D eigenvalue weighted by atomic mass is 35.5. The number of hydrogen-bond donors (Lipinski definition) is 1. The first-order valence-corrected chi connectivity index (χ1v) is 5.84. The van der Waals surface area contributed by atoms with Gasteiger partial charge in [0.1, 0.15) is 0 Å². The molecule has 3 nitrogen and oxygen atoms in total. The molecule has 0 amide bonds. The molecule has 2 N–H and O–H groups in total. The molecule has 0 unspecified atom stereocenters. The van der Waals surface area contributed by atoms with Gasteiger partial charge in [0.25, 0.3) is 0 Å². The van der Waals surface area contributed by atoms with Crippen LogP contribution in [0.4, 0.5) is 0 Å². The third kappa shape index (κ3) is 3.74. The summed E-state index contributed by atoms with van der Waals surface area (Å²) in [4.78, 5) is 6.36. The molecule has 1 aromatic rings. The van der Waals surface area contributed by atoms with Gasteiger partial charge in [0.05, 0.1) is 6.54 Å². The lowest BCUT2D eigenvalue weighted by Crippen LogP contribution is -2.37. The monoisotopic (exact) mass is 239 g/mol. The van der Waals surface area contributed by atoms with E-state index in [4.69, 9.17) is 17.3 Å². The fourth-order valence-corrected chi connectivity index (χ4v) is 1.67. The van der Waals surface area contributed by atoms with Crippen LogP contribution < -0.4 is 5.73 Å². The number of halogens is 1. The highest BCUT2D eigenvalue weighted by Gasteiger charge is 2.01. The molecule has 1 rings (SSSR count). The van der Waals surface area contributed by atoms with Crippen molar-refractivity contribution in [3.8, 4) is 0 Å². The summed E-state index contributed by atoms with van der Waals surface area (Å²) < 4.78 is 0. The lowest BCUT2D eigenvalue weighted by atomic mass is 10.2. The number of nitrogens with zero attached hydrogens (tertiary/aromatic N) is 2. The topological polar surface area (TPSA) is 41.6 Å². The Labute approximate surface area is 102 Å². The fourth-order valence-electron chi connectivity index (χ4n) is 1.46. The lowest BCUT2D eigenvalue weighted by Gasteiger charge is -2.19. The summed E-state index contributed by atoms with van der Waals surface area (Å²) >= 11 is 5.89. The van der Waals surface area contributed by atoms with Crippen molar-refractivity contribution in [3.05, 3.63) is 34.9 Å². The van der Waals surface area contributed by atoms with Crippen molar-refractivity contribution in [2.75, 3.05) is 13.1 Å². The molecule has 0 saturated heterocycles. The van der Waals surface area contributed by atoms with Crippen molar-refractivity contribution < 1.29 is 0 Å². The van der Waals surface area contributed by atoms with E-state index in [1.54, 1.807) is 0 Å². The van der Waals surface area contributed by atoms with Crippen LogP contribution in [-0.4, -0.2) is 23.9 Å². The van der Waals surface area contributed by atoms with Crippen molar-refractivity contribution >= 4 is 17.6 Å². The first-order chi connectivity index (χ1) is 7.67. The number of hydrogen-bond acceptors (Lipinski definition) is 1. The predicted octanol–water partition coefficient (Wildman–Crippen LogP) is 2.50.